The minimum absolute atomic E-state index is 0.108. The molecule has 0 aromatic carbocycles. The van der Waals surface area contributed by atoms with Crippen LogP contribution < -0.4 is 5.32 Å². The number of carbonyl (C=O) groups excluding carboxylic acids is 1. The monoisotopic (exact) mass is 234 g/mol. The van der Waals surface area contributed by atoms with Crippen molar-refractivity contribution in [1.82, 2.24) is 10.2 Å². The highest BCUT2D eigenvalue weighted by Gasteiger charge is 2.31. The van der Waals surface area contributed by atoms with Crippen LogP contribution in [0.15, 0.2) is 16.7 Å². The maximum Gasteiger partial charge on any atom is 0.257 e. The van der Waals surface area contributed by atoms with Gasteiger partial charge in [-0.1, -0.05) is 0 Å². The van der Waals surface area contributed by atoms with Crippen molar-refractivity contribution in [2.75, 3.05) is 13.1 Å². The number of furan rings is 1. The highest BCUT2D eigenvalue weighted by Crippen LogP contribution is 2.21. The Kier molecular flexibility index (Phi) is 2.67. The summed E-state index contributed by atoms with van der Waals surface area (Å²) in [6.45, 7) is 3.56. The molecule has 2 aliphatic rings. The number of nitrogens with zero attached hydrogens (tertiary/aromatic N) is 1. The van der Waals surface area contributed by atoms with Gasteiger partial charge in [0.15, 0.2) is 0 Å². The first kappa shape index (κ1) is 10.8. The molecule has 0 aliphatic carbocycles. The lowest BCUT2D eigenvalue weighted by atomic mass is 10.1. The number of rotatable bonds is 1. The quantitative estimate of drug-likeness (QED) is 0.802. The fourth-order valence-corrected chi connectivity index (χ4v) is 2.87. The number of amides is 1. The zero-order valence-corrected chi connectivity index (χ0v) is 10.1. The Bertz CT molecular complexity index is 427. The van der Waals surface area contributed by atoms with Crippen molar-refractivity contribution in [3.63, 3.8) is 0 Å². The van der Waals surface area contributed by atoms with E-state index in [0.717, 1.165) is 25.3 Å². The van der Waals surface area contributed by atoms with Crippen LogP contribution in [-0.2, 0) is 0 Å². The van der Waals surface area contributed by atoms with E-state index in [-0.39, 0.29) is 5.91 Å². The van der Waals surface area contributed by atoms with Gasteiger partial charge in [0.1, 0.15) is 12.0 Å². The van der Waals surface area contributed by atoms with Crippen LogP contribution in [0.5, 0.6) is 0 Å². The standard InChI is InChI=1S/C13H18N2O2/c1-9-6-10(8-17-9)13(16)15-5-4-11-2-3-12(7-15)14-11/h6,8,11-12,14H,2-5,7H2,1H3. The van der Waals surface area contributed by atoms with Crippen LogP contribution in [0.2, 0.25) is 0 Å². The first-order valence-corrected chi connectivity index (χ1v) is 6.33. The van der Waals surface area contributed by atoms with Gasteiger partial charge >= 0.3 is 0 Å². The van der Waals surface area contributed by atoms with Crippen LogP contribution in [-0.4, -0.2) is 36.0 Å². The SMILES string of the molecule is Cc1cc(C(=O)N2CCC3CCC(C2)N3)co1. The molecule has 1 amide bonds. The molecule has 0 radical (unpaired) electrons. The highest BCUT2D eigenvalue weighted by molar-refractivity contribution is 5.94. The Morgan fingerprint density at radius 3 is 3.00 bits per heavy atom. The van der Waals surface area contributed by atoms with Crippen LogP contribution in [0.4, 0.5) is 0 Å². The summed E-state index contributed by atoms with van der Waals surface area (Å²) in [5.41, 5.74) is 0.681. The average molecular weight is 234 g/mol. The smallest absolute Gasteiger partial charge is 0.257 e. The first-order valence-electron chi connectivity index (χ1n) is 6.33. The summed E-state index contributed by atoms with van der Waals surface area (Å²) in [6.07, 6.45) is 5.09. The molecule has 2 unspecified atom stereocenters. The minimum Gasteiger partial charge on any atom is -0.469 e. The maximum absolute atomic E-state index is 12.3. The number of carbonyl (C=O) groups is 1. The molecule has 1 N–H and O–H groups in total. The fraction of sp³-hybridized carbons (Fsp3) is 0.615. The molecule has 3 rings (SSSR count). The molecule has 2 bridgehead atoms. The third-order valence-electron chi connectivity index (χ3n) is 3.79. The second-order valence-corrected chi connectivity index (χ2v) is 5.12. The number of hydrogen-bond donors (Lipinski definition) is 1. The van der Waals surface area contributed by atoms with Crippen LogP contribution >= 0.6 is 0 Å². The van der Waals surface area contributed by atoms with Crippen molar-refractivity contribution >= 4 is 5.91 Å². The Hall–Kier alpha value is -1.29. The van der Waals surface area contributed by atoms with Gasteiger partial charge in [-0.3, -0.25) is 4.79 Å². The van der Waals surface area contributed by atoms with Gasteiger partial charge in [-0.2, -0.15) is 0 Å². The first-order chi connectivity index (χ1) is 8.22. The van der Waals surface area contributed by atoms with Crippen molar-refractivity contribution in [1.29, 1.82) is 0 Å². The lowest BCUT2D eigenvalue weighted by Crippen LogP contribution is -2.38. The number of likely N-dealkylation sites (tertiary alicyclic amines) is 1. The third-order valence-corrected chi connectivity index (χ3v) is 3.79. The second kappa shape index (κ2) is 4.18. The molecule has 1 aromatic rings. The summed E-state index contributed by atoms with van der Waals surface area (Å²) in [5, 5.41) is 3.58. The number of nitrogens with one attached hydrogen (secondary N) is 1. The molecule has 1 aromatic heterocycles. The topological polar surface area (TPSA) is 45.5 Å². The minimum atomic E-state index is 0.108. The molecule has 0 saturated carbocycles. The van der Waals surface area contributed by atoms with Crippen molar-refractivity contribution in [2.24, 2.45) is 0 Å². The Labute approximate surface area is 101 Å². The highest BCUT2D eigenvalue weighted by atomic mass is 16.3. The van der Waals surface area contributed by atoms with Crippen molar-refractivity contribution < 1.29 is 9.21 Å². The van der Waals surface area contributed by atoms with E-state index in [1.807, 2.05) is 17.9 Å². The zero-order valence-electron chi connectivity index (χ0n) is 10.1. The van der Waals surface area contributed by atoms with Gasteiger partial charge < -0.3 is 14.6 Å². The molecule has 4 heteroatoms. The normalized spacial score (nSPS) is 28.2. The maximum atomic E-state index is 12.3. The van der Waals surface area contributed by atoms with Gasteiger partial charge in [-0.15, -0.1) is 0 Å². The average Bonchev–Trinajstić information content (AvgIpc) is 2.84. The van der Waals surface area contributed by atoms with E-state index >= 15 is 0 Å². The van der Waals surface area contributed by atoms with Crippen molar-refractivity contribution in [3.05, 3.63) is 23.7 Å². The predicted molar refractivity (Wildman–Crippen MR) is 63.9 cm³/mol. The molecule has 2 fully saturated rings. The van der Waals surface area contributed by atoms with E-state index < -0.39 is 0 Å². The van der Waals surface area contributed by atoms with Crippen molar-refractivity contribution in [2.45, 2.75) is 38.3 Å². The molecular weight excluding hydrogens is 216 g/mol. The summed E-state index contributed by atoms with van der Waals surface area (Å²) in [6, 6.07) is 2.92. The summed E-state index contributed by atoms with van der Waals surface area (Å²) in [4.78, 5) is 14.2. The fourth-order valence-electron chi connectivity index (χ4n) is 2.87. The van der Waals surface area contributed by atoms with Gasteiger partial charge in [-0.05, 0) is 32.3 Å². The van der Waals surface area contributed by atoms with Gasteiger partial charge in [-0.25, -0.2) is 0 Å². The van der Waals surface area contributed by atoms with Crippen LogP contribution in [0.1, 0.15) is 35.4 Å². The summed E-state index contributed by atoms with van der Waals surface area (Å²) < 4.78 is 5.21. The van der Waals surface area contributed by atoms with Crippen molar-refractivity contribution in [3.8, 4) is 0 Å². The summed E-state index contributed by atoms with van der Waals surface area (Å²) in [7, 11) is 0. The number of fused-ring (bicyclic) bond motifs is 2. The number of aryl methyl sites for hydroxylation is 1. The van der Waals surface area contributed by atoms with Crippen LogP contribution in [0.3, 0.4) is 0 Å². The molecule has 0 spiro atoms. The summed E-state index contributed by atoms with van der Waals surface area (Å²) >= 11 is 0. The van der Waals surface area contributed by atoms with E-state index in [4.69, 9.17) is 4.42 Å². The molecular formula is C13H18N2O2. The Morgan fingerprint density at radius 2 is 2.24 bits per heavy atom. The molecule has 2 atom stereocenters. The van der Waals surface area contributed by atoms with E-state index in [9.17, 15) is 4.79 Å². The van der Waals surface area contributed by atoms with Gasteiger partial charge in [0.2, 0.25) is 0 Å². The van der Waals surface area contributed by atoms with E-state index in [1.54, 1.807) is 6.26 Å². The lowest BCUT2D eigenvalue weighted by Gasteiger charge is -2.23. The zero-order chi connectivity index (χ0) is 11.8. The summed E-state index contributed by atoms with van der Waals surface area (Å²) in [5.74, 6) is 0.902. The van der Waals surface area contributed by atoms with Crippen LogP contribution in [0.25, 0.3) is 0 Å². The molecule has 2 aliphatic heterocycles. The van der Waals surface area contributed by atoms with E-state index in [2.05, 4.69) is 5.32 Å². The van der Waals surface area contributed by atoms with E-state index in [1.165, 1.54) is 12.8 Å². The predicted octanol–water partition coefficient (Wildman–Crippen LogP) is 1.55. The Balaban J connectivity index is 1.73. The third kappa shape index (κ3) is 2.09. The molecule has 2 saturated heterocycles. The Morgan fingerprint density at radius 1 is 1.41 bits per heavy atom. The van der Waals surface area contributed by atoms with Gasteiger partial charge in [0.05, 0.1) is 5.56 Å². The molecule has 92 valence electrons. The molecule has 17 heavy (non-hydrogen) atoms. The molecule has 3 heterocycles. The largest absolute Gasteiger partial charge is 0.469 e. The molecule has 4 nitrogen and oxygen atoms in total. The van der Waals surface area contributed by atoms with E-state index in [0.29, 0.717) is 17.6 Å². The second-order valence-electron chi connectivity index (χ2n) is 5.12. The van der Waals surface area contributed by atoms with Gasteiger partial charge in [0.25, 0.3) is 5.91 Å². The number of hydrogen-bond acceptors (Lipinski definition) is 3. The lowest BCUT2D eigenvalue weighted by molar-refractivity contribution is 0.0747. The van der Waals surface area contributed by atoms with Crippen LogP contribution in [0, 0.1) is 6.92 Å². The van der Waals surface area contributed by atoms with Gasteiger partial charge in [0, 0.05) is 25.2 Å².